The molecular formula is C14H18N2O3. The van der Waals surface area contributed by atoms with Crippen LogP contribution in [0, 0.1) is 0 Å². The van der Waals surface area contributed by atoms with Gasteiger partial charge >= 0.3 is 0 Å². The van der Waals surface area contributed by atoms with E-state index < -0.39 is 0 Å². The normalized spacial score (nSPS) is 10.7. The van der Waals surface area contributed by atoms with Gasteiger partial charge in [0.2, 0.25) is 0 Å². The summed E-state index contributed by atoms with van der Waals surface area (Å²) < 4.78 is 10.5. The molecule has 1 heterocycles. The molecule has 0 atom stereocenters. The molecular weight excluding hydrogens is 244 g/mol. The number of aromatic nitrogens is 1. The van der Waals surface area contributed by atoms with Crippen molar-refractivity contribution in [1.82, 2.24) is 10.3 Å². The lowest BCUT2D eigenvalue weighted by Crippen LogP contribution is -2.22. The average Bonchev–Trinajstić information content (AvgIpc) is 2.85. The van der Waals surface area contributed by atoms with Crippen molar-refractivity contribution in [3.05, 3.63) is 23.9 Å². The summed E-state index contributed by atoms with van der Waals surface area (Å²) in [4.78, 5) is 15.2. The number of likely N-dealkylation sites (N-methyl/N-ethyl adjacent to an activating group) is 1. The van der Waals surface area contributed by atoms with E-state index in [1.54, 1.807) is 20.4 Å². The van der Waals surface area contributed by atoms with Gasteiger partial charge in [0.15, 0.2) is 17.3 Å². The largest absolute Gasteiger partial charge is 0.493 e. The number of rotatable bonds is 6. The van der Waals surface area contributed by atoms with Crippen LogP contribution in [-0.2, 0) is 0 Å². The lowest BCUT2D eigenvalue weighted by atomic mass is 10.1. The van der Waals surface area contributed by atoms with E-state index in [1.165, 1.54) is 0 Å². The van der Waals surface area contributed by atoms with Gasteiger partial charge in [0.05, 0.1) is 26.3 Å². The van der Waals surface area contributed by atoms with Crippen LogP contribution in [0.2, 0.25) is 0 Å². The number of carbonyl (C=O) groups is 1. The number of benzene rings is 1. The second-order valence-corrected chi connectivity index (χ2v) is 4.16. The molecule has 0 unspecified atom stereocenters. The molecule has 5 nitrogen and oxygen atoms in total. The van der Waals surface area contributed by atoms with E-state index in [0.29, 0.717) is 23.6 Å². The molecule has 2 N–H and O–H groups in total. The lowest BCUT2D eigenvalue weighted by molar-refractivity contribution is 0.0993. The van der Waals surface area contributed by atoms with Crippen LogP contribution in [0.1, 0.15) is 17.3 Å². The molecule has 0 aliphatic rings. The smallest absolute Gasteiger partial charge is 0.178 e. The zero-order chi connectivity index (χ0) is 13.8. The quantitative estimate of drug-likeness (QED) is 0.781. The van der Waals surface area contributed by atoms with Gasteiger partial charge in [-0.1, -0.05) is 6.92 Å². The van der Waals surface area contributed by atoms with Crippen LogP contribution in [0.4, 0.5) is 0 Å². The Morgan fingerprint density at radius 1 is 1.26 bits per heavy atom. The summed E-state index contributed by atoms with van der Waals surface area (Å²) in [6.07, 6.45) is 1.73. The Hall–Kier alpha value is -2.01. The molecule has 19 heavy (non-hydrogen) atoms. The van der Waals surface area contributed by atoms with Crippen molar-refractivity contribution in [1.29, 1.82) is 0 Å². The van der Waals surface area contributed by atoms with Crippen LogP contribution < -0.4 is 14.8 Å². The average molecular weight is 262 g/mol. The van der Waals surface area contributed by atoms with E-state index in [0.717, 1.165) is 17.4 Å². The Labute approximate surface area is 111 Å². The van der Waals surface area contributed by atoms with Crippen molar-refractivity contribution >= 4 is 16.7 Å². The maximum Gasteiger partial charge on any atom is 0.178 e. The fourth-order valence-electron chi connectivity index (χ4n) is 2.01. The van der Waals surface area contributed by atoms with Crippen LogP contribution in [-0.4, -0.2) is 38.1 Å². The van der Waals surface area contributed by atoms with Crippen molar-refractivity contribution in [3.8, 4) is 11.5 Å². The van der Waals surface area contributed by atoms with Gasteiger partial charge in [-0.05, 0) is 12.6 Å². The highest BCUT2D eigenvalue weighted by atomic mass is 16.5. The number of aromatic amines is 1. The summed E-state index contributed by atoms with van der Waals surface area (Å²) in [5.74, 6) is 1.31. The number of hydrogen-bond donors (Lipinski definition) is 2. The predicted octanol–water partition coefficient (Wildman–Crippen LogP) is 1.98. The molecule has 1 aromatic heterocycles. The summed E-state index contributed by atoms with van der Waals surface area (Å²) in [6.45, 7) is 3.07. The number of methoxy groups -OCH3 is 2. The minimum absolute atomic E-state index is 0.0559. The molecule has 102 valence electrons. The first-order chi connectivity index (χ1) is 9.21. The number of fused-ring (bicyclic) bond motifs is 1. The number of nitrogens with one attached hydrogen (secondary N) is 2. The van der Waals surface area contributed by atoms with Crippen LogP contribution in [0.25, 0.3) is 10.9 Å². The summed E-state index contributed by atoms with van der Waals surface area (Å²) in [5.41, 5.74) is 1.52. The lowest BCUT2D eigenvalue weighted by Gasteiger charge is -2.08. The first-order valence-corrected chi connectivity index (χ1v) is 6.18. The highest BCUT2D eigenvalue weighted by Crippen LogP contribution is 2.33. The molecule has 0 spiro atoms. The van der Waals surface area contributed by atoms with Gasteiger partial charge in [-0.2, -0.15) is 0 Å². The third-order valence-electron chi connectivity index (χ3n) is 3.02. The number of H-pyrrole nitrogens is 1. The number of Topliss-reactive ketones (excluding diaryl/α,β-unsaturated/α-hetero) is 1. The zero-order valence-electron chi connectivity index (χ0n) is 11.4. The minimum Gasteiger partial charge on any atom is -0.493 e. The van der Waals surface area contributed by atoms with Crippen LogP contribution >= 0.6 is 0 Å². The summed E-state index contributed by atoms with van der Waals surface area (Å²) in [5, 5.41) is 3.88. The molecule has 0 radical (unpaired) electrons. The fourth-order valence-corrected chi connectivity index (χ4v) is 2.01. The third-order valence-corrected chi connectivity index (χ3v) is 3.02. The second-order valence-electron chi connectivity index (χ2n) is 4.16. The summed E-state index contributed by atoms with van der Waals surface area (Å²) >= 11 is 0. The van der Waals surface area contributed by atoms with Crippen molar-refractivity contribution in [3.63, 3.8) is 0 Å². The van der Waals surface area contributed by atoms with Gasteiger partial charge in [0, 0.05) is 23.2 Å². The van der Waals surface area contributed by atoms with Crippen LogP contribution in [0.15, 0.2) is 18.3 Å². The molecule has 1 aromatic carbocycles. The third kappa shape index (κ3) is 2.56. The molecule has 2 aromatic rings. The topological polar surface area (TPSA) is 63.4 Å². The maximum absolute atomic E-state index is 12.1. The minimum atomic E-state index is 0.0559. The van der Waals surface area contributed by atoms with E-state index in [9.17, 15) is 4.79 Å². The predicted molar refractivity (Wildman–Crippen MR) is 74.3 cm³/mol. The SMILES string of the molecule is CCNCC(=O)c1c[nH]c2cc(OC)c(OC)cc12. The molecule has 2 rings (SSSR count). The zero-order valence-corrected chi connectivity index (χ0v) is 11.4. The Morgan fingerprint density at radius 2 is 1.95 bits per heavy atom. The Balaban J connectivity index is 2.44. The highest BCUT2D eigenvalue weighted by molar-refractivity contribution is 6.09. The first kappa shape index (κ1) is 13.4. The van der Waals surface area contributed by atoms with Crippen LogP contribution in [0.5, 0.6) is 11.5 Å². The van der Waals surface area contributed by atoms with E-state index in [4.69, 9.17) is 9.47 Å². The monoisotopic (exact) mass is 262 g/mol. The summed E-state index contributed by atoms with van der Waals surface area (Å²) in [7, 11) is 3.17. The molecule has 0 bridgehead atoms. The van der Waals surface area contributed by atoms with Gasteiger partial charge in [-0.3, -0.25) is 4.79 Å². The molecule has 0 saturated heterocycles. The maximum atomic E-state index is 12.1. The number of carbonyl (C=O) groups excluding carboxylic acids is 1. The summed E-state index contributed by atoms with van der Waals surface area (Å²) in [6, 6.07) is 3.65. The molecule has 0 aliphatic carbocycles. The first-order valence-electron chi connectivity index (χ1n) is 6.18. The van der Waals surface area contributed by atoms with Crippen molar-refractivity contribution in [2.75, 3.05) is 27.3 Å². The van der Waals surface area contributed by atoms with Crippen LogP contribution in [0.3, 0.4) is 0 Å². The molecule has 5 heteroatoms. The number of hydrogen-bond acceptors (Lipinski definition) is 4. The number of ketones is 1. The molecule has 0 aliphatic heterocycles. The van der Waals surface area contributed by atoms with Gasteiger partial charge < -0.3 is 19.8 Å². The Bertz CT molecular complexity index is 590. The van der Waals surface area contributed by atoms with E-state index >= 15 is 0 Å². The van der Waals surface area contributed by atoms with Crippen molar-refractivity contribution in [2.45, 2.75) is 6.92 Å². The van der Waals surface area contributed by atoms with Gasteiger partial charge in [0.25, 0.3) is 0 Å². The fraction of sp³-hybridized carbons (Fsp3) is 0.357. The second kappa shape index (κ2) is 5.75. The van der Waals surface area contributed by atoms with Crippen molar-refractivity contribution < 1.29 is 14.3 Å². The van der Waals surface area contributed by atoms with E-state index in [1.807, 2.05) is 19.1 Å². The highest BCUT2D eigenvalue weighted by Gasteiger charge is 2.14. The molecule has 0 saturated carbocycles. The Morgan fingerprint density at radius 3 is 2.58 bits per heavy atom. The Kier molecular flexibility index (Phi) is 4.06. The number of ether oxygens (including phenoxy) is 2. The van der Waals surface area contributed by atoms with Gasteiger partial charge in [-0.25, -0.2) is 0 Å². The molecule has 0 amide bonds. The van der Waals surface area contributed by atoms with E-state index in [2.05, 4.69) is 10.3 Å². The van der Waals surface area contributed by atoms with Crippen molar-refractivity contribution in [2.24, 2.45) is 0 Å². The molecule has 0 fully saturated rings. The van der Waals surface area contributed by atoms with Gasteiger partial charge in [-0.15, -0.1) is 0 Å². The standard InChI is InChI=1S/C14H18N2O3/c1-4-15-8-12(17)10-7-16-11-6-14(19-3)13(18-2)5-9(10)11/h5-7,15-16H,4,8H2,1-3H3. The van der Waals surface area contributed by atoms with Gasteiger partial charge in [0.1, 0.15) is 0 Å². The van der Waals surface area contributed by atoms with E-state index in [-0.39, 0.29) is 5.78 Å².